The first kappa shape index (κ1) is 13.1. The molecule has 7 nitrogen and oxygen atoms in total. The molecule has 0 saturated heterocycles. The lowest BCUT2D eigenvalue weighted by molar-refractivity contribution is 0.0999. The van der Waals surface area contributed by atoms with Crippen molar-refractivity contribution in [1.29, 1.82) is 0 Å². The van der Waals surface area contributed by atoms with E-state index < -0.39 is 15.9 Å². The monoisotopic (exact) mass is 280 g/mol. The highest BCUT2D eigenvalue weighted by atomic mass is 32.2. The van der Waals surface area contributed by atoms with E-state index in [-0.39, 0.29) is 16.3 Å². The first-order valence-electron chi connectivity index (χ1n) is 5.33. The Labute approximate surface area is 109 Å². The quantitative estimate of drug-likeness (QED) is 0.760. The molecule has 0 saturated carbocycles. The van der Waals surface area contributed by atoms with Crippen molar-refractivity contribution in [3.8, 4) is 0 Å². The smallest absolute Gasteiger partial charge is 0.263 e. The number of aryl methyl sites for hydroxylation is 1. The Morgan fingerprint density at radius 1 is 1.37 bits per heavy atom. The minimum absolute atomic E-state index is 0.0403. The number of benzene rings is 1. The third kappa shape index (κ3) is 2.74. The summed E-state index contributed by atoms with van der Waals surface area (Å²) >= 11 is 0. The summed E-state index contributed by atoms with van der Waals surface area (Å²) in [5.41, 5.74) is 5.98. The third-order valence-electron chi connectivity index (χ3n) is 2.53. The van der Waals surface area contributed by atoms with Crippen molar-refractivity contribution in [1.82, 2.24) is 10.2 Å². The fourth-order valence-electron chi connectivity index (χ4n) is 1.55. The zero-order chi connectivity index (χ0) is 14.0. The Morgan fingerprint density at radius 3 is 2.68 bits per heavy atom. The van der Waals surface area contributed by atoms with Crippen molar-refractivity contribution in [3.05, 3.63) is 41.6 Å². The number of carbonyl (C=O) groups is 1. The number of sulfonamides is 1. The molecule has 0 radical (unpaired) electrons. The summed E-state index contributed by atoms with van der Waals surface area (Å²) in [7, 11) is -3.79. The summed E-state index contributed by atoms with van der Waals surface area (Å²) in [6.45, 7) is 1.68. The van der Waals surface area contributed by atoms with E-state index in [1.54, 1.807) is 6.92 Å². The van der Waals surface area contributed by atoms with E-state index in [9.17, 15) is 13.2 Å². The van der Waals surface area contributed by atoms with Gasteiger partial charge in [0.05, 0.1) is 11.1 Å². The topological polar surface area (TPSA) is 118 Å². The minimum Gasteiger partial charge on any atom is -0.366 e. The molecule has 8 heteroatoms. The molecule has 0 aliphatic rings. The minimum atomic E-state index is -3.79. The maximum atomic E-state index is 12.1. The molecule has 100 valence electrons. The fourth-order valence-corrected chi connectivity index (χ4v) is 2.59. The zero-order valence-corrected chi connectivity index (χ0v) is 10.9. The first-order chi connectivity index (χ1) is 8.90. The van der Waals surface area contributed by atoms with Gasteiger partial charge in [0.2, 0.25) is 5.91 Å². The van der Waals surface area contributed by atoms with Crippen molar-refractivity contribution in [2.45, 2.75) is 11.8 Å². The van der Waals surface area contributed by atoms with Crippen LogP contribution >= 0.6 is 0 Å². The molecule has 1 heterocycles. The Balaban J connectivity index is 2.41. The average Bonchev–Trinajstić information content (AvgIpc) is 2.80. The fraction of sp³-hybridized carbons (Fsp3) is 0.0909. The Hall–Kier alpha value is -2.35. The number of anilines is 1. The maximum absolute atomic E-state index is 12.1. The summed E-state index contributed by atoms with van der Waals surface area (Å²) in [6.07, 6.45) is 1.42. The van der Waals surface area contributed by atoms with Gasteiger partial charge >= 0.3 is 0 Å². The summed E-state index contributed by atoms with van der Waals surface area (Å²) in [6, 6.07) is 5.65. The molecule has 4 N–H and O–H groups in total. The normalized spacial score (nSPS) is 11.2. The number of aromatic nitrogens is 2. The average molecular weight is 280 g/mol. The number of H-pyrrole nitrogens is 1. The highest BCUT2D eigenvalue weighted by Crippen LogP contribution is 2.17. The molecule has 2 rings (SSSR count). The second-order valence-electron chi connectivity index (χ2n) is 3.92. The van der Waals surface area contributed by atoms with Crippen LogP contribution in [0, 0.1) is 6.92 Å². The van der Waals surface area contributed by atoms with Gasteiger partial charge in [-0.3, -0.25) is 14.6 Å². The standard InChI is InChI=1S/C11H12N4O3S/c1-7-2-3-8(6-9(7)11(12)16)19(17,18)15-10-4-5-13-14-10/h2-6H,1H3,(H2,12,16)(H2,13,14,15). The van der Waals surface area contributed by atoms with Gasteiger partial charge in [-0.15, -0.1) is 0 Å². The Morgan fingerprint density at radius 2 is 2.11 bits per heavy atom. The molecule has 0 unspecified atom stereocenters. The van der Waals surface area contributed by atoms with Crippen molar-refractivity contribution < 1.29 is 13.2 Å². The number of primary amides is 1. The van der Waals surface area contributed by atoms with Crippen LogP contribution in [-0.2, 0) is 10.0 Å². The Bertz CT molecular complexity index is 708. The van der Waals surface area contributed by atoms with Gasteiger partial charge in [0, 0.05) is 11.6 Å². The summed E-state index contributed by atoms with van der Waals surface area (Å²) in [5, 5.41) is 6.11. The lowest BCUT2D eigenvalue weighted by atomic mass is 10.1. The van der Waals surface area contributed by atoms with Crippen molar-refractivity contribution in [3.63, 3.8) is 0 Å². The molecule has 0 bridgehead atoms. The molecule has 0 spiro atoms. The van der Waals surface area contributed by atoms with Gasteiger partial charge < -0.3 is 5.73 Å². The molecule has 19 heavy (non-hydrogen) atoms. The predicted molar refractivity (Wildman–Crippen MR) is 69.1 cm³/mol. The van der Waals surface area contributed by atoms with E-state index in [1.165, 1.54) is 30.5 Å². The highest BCUT2D eigenvalue weighted by Gasteiger charge is 2.17. The van der Waals surface area contributed by atoms with E-state index in [0.29, 0.717) is 5.56 Å². The molecular formula is C11H12N4O3S. The van der Waals surface area contributed by atoms with E-state index in [0.717, 1.165) is 0 Å². The number of hydrogen-bond acceptors (Lipinski definition) is 4. The largest absolute Gasteiger partial charge is 0.366 e. The van der Waals surface area contributed by atoms with Crippen LogP contribution in [-0.4, -0.2) is 24.5 Å². The summed E-state index contributed by atoms with van der Waals surface area (Å²) in [5.74, 6) is -0.433. The number of aromatic amines is 1. The molecule has 0 fully saturated rings. The van der Waals surface area contributed by atoms with Gasteiger partial charge in [0.1, 0.15) is 5.82 Å². The number of rotatable bonds is 4. The molecule has 0 aliphatic carbocycles. The Kier molecular flexibility index (Phi) is 3.26. The highest BCUT2D eigenvalue weighted by molar-refractivity contribution is 7.92. The lowest BCUT2D eigenvalue weighted by Gasteiger charge is -2.08. The van der Waals surface area contributed by atoms with E-state index in [1.807, 2.05) is 0 Å². The van der Waals surface area contributed by atoms with E-state index in [4.69, 9.17) is 5.73 Å². The number of nitrogens with two attached hydrogens (primary N) is 1. The van der Waals surface area contributed by atoms with Crippen LogP contribution in [0.1, 0.15) is 15.9 Å². The summed E-state index contributed by atoms with van der Waals surface area (Å²) < 4.78 is 26.5. The zero-order valence-electron chi connectivity index (χ0n) is 10.0. The molecule has 2 aromatic rings. The van der Waals surface area contributed by atoms with Crippen LogP contribution in [0.2, 0.25) is 0 Å². The van der Waals surface area contributed by atoms with Crippen LogP contribution in [0.4, 0.5) is 5.82 Å². The van der Waals surface area contributed by atoms with Crippen LogP contribution in [0.5, 0.6) is 0 Å². The lowest BCUT2D eigenvalue weighted by Crippen LogP contribution is -2.17. The maximum Gasteiger partial charge on any atom is 0.263 e. The van der Waals surface area contributed by atoms with E-state index >= 15 is 0 Å². The molecule has 1 amide bonds. The number of hydrogen-bond donors (Lipinski definition) is 3. The van der Waals surface area contributed by atoms with Gasteiger partial charge in [0.25, 0.3) is 10.0 Å². The molecule has 0 atom stereocenters. The van der Waals surface area contributed by atoms with Gasteiger partial charge in [-0.1, -0.05) is 6.07 Å². The third-order valence-corrected chi connectivity index (χ3v) is 3.89. The van der Waals surface area contributed by atoms with Crippen molar-refractivity contribution >= 4 is 21.7 Å². The van der Waals surface area contributed by atoms with Gasteiger partial charge in [-0.2, -0.15) is 5.10 Å². The predicted octanol–water partition coefficient (Wildman–Crippen LogP) is 0.618. The van der Waals surface area contributed by atoms with Gasteiger partial charge in [-0.05, 0) is 24.6 Å². The number of nitrogens with one attached hydrogen (secondary N) is 2. The molecular weight excluding hydrogens is 268 g/mol. The van der Waals surface area contributed by atoms with Gasteiger partial charge in [0.15, 0.2) is 0 Å². The van der Waals surface area contributed by atoms with Crippen molar-refractivity contribution in [2.24, 2.45) is 5.73 Å². The SMILES string of the molecule is Cc1ccc(S(=O)(=O)Nc2ccn[nH]2)cc1C(N)=O. The van der Waals surface area contributed by atoms with Crippen LogP contribution < -0.4 is 10.5 Å². The van der Waals surface area contributed by atoms with Crippen LogP contribution in [0.15, 0.2) is 35.4 Å². The summed E-state index contributed by atoms with van der Waals surface area (Å²) in [4.78, 5) is 11.2. The number of amides is 1. The second kappa shape index (κ2) is 4.73. The molecule has 1 aromatic carbocycles. The number of carbonyl (C=O) groups excluding carboxylic acids is 1. The van der Waals surface area contributed by atoms with E-state index in [2.05, 4.69) is 14.9 Å². The van der Waals surface area contributed by atoms with Gasteiger partial charge in [-0.25, -0.2) is 8.42 Å². The second-order valence-corrected chi connectivity index (χ2v) is 5.60. The molecule has 1 aromatic heterocycles. The first-order valence-corrected chi connectivity index (χ1v) is 6.81. The number of nitrogens with zero attached hydrogens (tertiary/aromatic N) is 1. The van der Waals surface area contributed by atoms with Crippen LogP contribution in [0.3, 0.4) is 0 Å². The molecule has 0 aliphatic heterocycles. The van der Waals surface area contributed by atoms with Crippen LogP contribution in [0.25, 0.3) is 0 Å². The van der Waals surface area contributed by atoms with Crippen molar-refractivity contribution in [2.75, 3.05) is 4.72 Å².